The summed E-state index contributed by atoms with van der Waals surface area (Å²) in [6.07, 6.45) is 3.28. The molecule has 0 atom stereocenters. The lowest BCUT2D eigenvalue weighted by Gasteiger charge is -2.15. The van der Waals surface area contributed by atoms with Crippen LogP contribution in [0, 0.1) is 0 Å². The molecule has 3 aromatic rings. The number of benzene rings is 2. The first kappa shape index (κ1) is 22.4. The summed E-state index contributed by atoms with van der Waals surface area (Å²) in [5, 5.41) is 0.979. The highest BCUT2D eigenvalue weighted by atomic mass is 32.2. The second kappa shape index (κ2) is 9.76. The van der Waals surface area contributed by atoms with E-state index in [4.69, 9.17) is 0 Å². The van der Waals surface area contributed by atoms with Crippen molar-refractivity contribution in [2.75, 3.05) is 13.1 Å². The number of fused-ring (bicyclic) bond motifs is 1. The minimum atomic E-state index is -3.52. The van der Waals surface area contributed by atoms with Crippen LogP contribution in [-0.2, 0) is 21.2 Å². The van der Waals surface area contributed by atoms with Gasteiger partial charge >= 0.3 is 0 Å². The lowest BCUT2D eigenvalue weighted by molar-refractivity contribution is -0.121. The molecule has 10 heteroatoms. The molecule has 2 aromatic carbocycles. The van der Waals surface area contributed by atoms with E-state index in [0.717, 1.165) is 28.1 Å². The maximum absolute atomic E-state index is 12.5. The monoisotopic (exact) mass is 472 g/mol. The van der Waals surface area contributed by atoms with Crippen molar-refractivity contribution in [2.24, 2.45) is 0 Å². The highest BCUT2D eigenvalue weighted by Crippen LogP contribution is 2.23. The van der Waals surface area contributed by atoms with Gasteiger partial charge < -0.3 is 0 Å². The third-order valence-corrected chi connectivity index (χ3v) is 8.28. The van der Waals surface area contributed by atoms with Gasteiger partial charge in [-0.05, 0) is 62.1 Å². The standard InChI is InChI=1S/C22H24N4O4S2/c27-20(8-5-9-21-23-18-6-1-2-7-19(18)31-21)24-25-22(28)16-10-12-17(13-11-16)32(29,30)26-14-3-4-15-26/h1-2,6-7,10-13H,3-5,8-9,14-15H2,(H,24,27)(H,25,28). The van der Waals surface area contributed by atoms with Crippen molar-refractivity contribution in [2.45, 2.75) is 37.0 Å². The van der Waals surface area contributed by atoms with Crippen molar-refractivity contribution < 1.29 is 18.0 Å². The molecule has 1 fully saturated rings. The Morgan fingerprint density at radius 1 is 1.00 bits per heavy atom. The summed E-state index contributed by atoms with van der Waals surface area (Å²) in [5.41, 5.74) is 6.00. The fourth-order valence-electron chi connectivity index (χ4n) is 3.54. The van der Waals surface area contributed by atoms with Gasteiger partial charge in [-0.15, -0.1) is 11.3 Å². The number of para-hydroxylation sites is 1. The third-order valence-electron chi connectivity index (χ3n) is 5.27. The minimum Gasteiger partial charge on any atom is -0.273 e. The molecule has 2 amide bonds. The van der Waals surface area contributed by atoms with Crippen LogP contribution in [0.15, 0.2) is 53.4 Å². The smallest absolute Gasteiger partial charge is 0.269 e. The molecule has 0 radical (unpaired) electrons. The second-order valence-corrected chi connectivity index (χ2v) is 10.6. The zero-order valence-corrected chi connectivity index (χ0v) is 19.0. The molecule has 0 unspecified atom stereocenters. The molecule has 1 aliphatic heterocycles. The molecule has 0 aliphatic carbocycles. The van der Waals surface area contributed by atoms with E-state index in [1.165, 1.54) is 28.6 Å². The highest BCUT2D eigenvalue weighted by Gasteiger charge is 2.27. The lowest BCUT2D eigenvalue weighted by atomic mass is 10.2. The molecule has 32 heavy (non-hydrogen) atoms. The number of nitrogens with one attached hydrogen (secondary N) is 2. The van der Waals surface area contributed by atoms with Gasteiger partial charge in [0, 0.05) is 25.1 Å². The Bertz CT molecular complexity index is 1180. The average Bonchev–Trinajstić information content (AvgIpc) is 3.48. The summed E-state index contributed by atoms with van der Waals surface area (Å²) in [7, 11) is -3.52. The van der Waals surface area contributed by atoms with Gasteiger partial charge in [-0.3, -0.25) is 20.4 Å². The molecule has 0 bridgehead atoms. The maximum Gasteiger partial charge on any atom is 0.269 e. The van der Waals surface area contributed by atoms with Gasteiger partial charge in [0.05, 0.1) is 20.1 Å². The Hall–Kier alpha value is -2.82. The van der Waals surface area contributed by atoms with E-state index in [1.807, 2.05) is 24.3 Å². The minimum absolute atomic E-state index is 0.162. The number of hydrogen-bond acceptors (Lipinski definition) is 6. The Morgan fingerprint density at radius 2 is 1.72 bits per heavy atom. The van der Waals surface area contributed by atoms with Crippen LogP contribution in [-0.4, -0.2) is 42.6 Å². The molecule has 1 aliphatic rings. The zero-order valence-electron chi connectivity index (χ0n) is 17.4. The summed E-state index contributed by atoms with van der Waals surface area (Å²) in [4.78, 5) is 29.0. The molecule has 1 aromatic heterocycles. The number of thiazole rings is 1. The van der Waals surface area contributed by atoms with Gasteiger partial charge in [0.15, 0.2) is 0 Å². The predicted molar refractivity (Wildman–Crippen MR) is 123 cm³/mol. The molecule has 2 N–H and O–H groups in total. The van der Waals surface area contributed by atoms with Gasteiger partial charge in [0.2, 0.25) is 15.9 Å². The Kier molecular flexibility index (Phi) is 6.83. The fraction of sp³-hybridized carbons (Fsp3) is 0.318. The Morgan fingerprint density at radius 3 is 2.44 bits per heavy atom. The van der Waals surface area contributed by atoms with Gasteiger partial charge in [-0.25, -0.2) is 13.4 Å². The summed E-state index contributed by atoms with van der Waals surface area (Å²) < 4.78 is 27.7. The number of rotatable bonds is 7. The van der Waals surface area contributed by atoms with Gasteiger partial charge in [-0.2, -0.15) is 4.31 Å². The summed E-state index contributed by atoms with van der Waals surface area (Å²) in [5.74, 6) is -0.803. The summed E-state index contributed by atoms with van der Waals surface area (Å²) in [6.45, 7) is 1.05. The van der Waals surface area contributed by atoms with Crippen LogP contribution in [0.1, 0.15) is 41.0 Å². The molecule has 168 valence electrons. The first-order chi connectivity index (χ1) is 15.4. The van der Waals surface area contributed by atoms with Crippen LogP contribution in [0.4, 0.5) is 0 Å². The van der Waals surface area contributed by atoms with Crippen LogP contribution in [0.25, 0.3) is 10.2 Å². The van der Waals surface area contributed by atoms with Crippen LogP contribution >= 0.6 is 11.3 Å². The van der Waals surface area contributed by atoms with Crippen LogP contribution in [0.2, 0.25) is 0 Å². The number of hydrogen-bond donors (Lipinski definition) is 2. The van der Waals surface area contributed by atoms with E-state index in [2.05, 4.69) is 15.8 Å². The molecule has 0 saturated carbocycles. The van der Waals surface area contributed by atoms with Crippen LogP contribution in [0.3, 0.4) is 0 Å². The number of nitrogens with zero attached hydrogens (tertiary/aromatic N) is 2. The molecule has 4 rings (SSSR count). The summed E-state index contributed by atoms with van der Waals surface area (Å²) in [6, 6.07) is 13.6. The van der Waals surface area contributed by atoms with Crippen molar-refractivity contribution in [1.82, 2.24) is 20.1 Å². The first-order valence-electron chi connectivity index (χ1n) is 10.5. The van der Waals surface area contributed by atoms with Gasteiger partial charge in [0.1, 0.15) is 0 Å². The second-order valence-electron chi connectivity index (χ2n) is 7.57. The van der Waals surface area contributed by atoms with Gasteiger partial charge in [0.25, 0.3) is 5.91 Å². The highest BCUT2D eigenvalue weighted by molar-refractivity contribution is 7.89. The number of carbonyl (C=O) groups is 2. The van der Waals surface area contributed by atoms with Crippen molar-refractivity contribution in [3.63, 3.8) is 0 Å². The predicted octanol–water partition coefficient (Wildman–Crippen LogP) is 2.86. The molecule has 2 heterocycles. The molecule has 8 nitrogen and oxygen atoms in total. The lowest BCUT2D eigenvalue weighted by Crippen LogP contribution is -2.41. The van der Waals surface area contributed by atoms with E-state index in [9.17, 15) is 18.0 Å². The first-order valence-corrected chi connectivity index (χ1v) is 12.7. The molecule has 0 spiro atoms. The van der Waals surface area contributed by atoms with E-state index < -0.39 is 15.9 Å². The maximum atomic E-state index is 12.5. The fourth-order valence-corrected chi connectivity index (χ4v) is 6.07. The molecular formula is C22H24N4O4S2. The molecule has 1 saturated heterocycles. The van der Waals surface area contributed by atoms with E-state index in [0.29, 0.717) is 25.9 Å². The van der Waals surface area contributed by atoms with E-state index in [1.54, 1.807) is 11.3 Å². The van der Waals surface area contributed by atoms with Crippen molar-refractivity contribution in [3.05, 3.63) is 59.1 Å². The zero-order chi connectivity index (χ0) is 22.6. The SMILES string of the molecule is O=C(CCCc1nc2ccccc2s1)NNC(=O)c1ccc(S(=O)(=O)N2CCCC2)cc1. The van der Waals surface area contributed by atoms with Crippen LogP contribution < -0.4 is 10.9 Å². The Balaban J connectivity index is 1.23. The topological polar surface area (TPSA) is 108 Å². The van der Waals surface area contributed by atoms with E-state index in [-0.39, 0.29) is 22.8 Å². The van der Waals surface area contributed by atoms with E-state index >= 15 is 0 Å². The van der Waals surface area contributed by atoms with Crippen molar-refractivity contribution in [1.29, 1.82) is 0 Å². The number of carbonyl (C=O) groups excluding carboxylic acids is 2. The average molecular weight is 473 g/mol. The number of sulfonamides is 1. The largest absolute Gasteiger partial charge is 0.273 e. The summed E-state index contributed by atoms with van der Waals surface area (Å²) >= 11 is 1.62. The van der Waals surface area contributed by atoms with Crippen molar-refractivity contribution in [3.8, 4) is 0 Å². The third kappa shape index (κ3) is 5.14. The number of aryl methyl sites for hydroxylation is 1. The normalized spacial score (nSPS) is 14.5. The number of amides is 2. The molecular weight excluding hydrogens is 448 g/mol. The quantitative estimate of drug-likeness (QED) is 0.514. The van der Waals surface area contributed by atoms with Crippen molar-refractivity contribution >= 4 is 43.4 Å². The van der Waals surface area contributed by atoms with Gasteiger partial charge in [-0.1, -0.05) is 12.1 Å². The number of hydrazine groups is 1. The van der Waals surface area contributed by atoms with Crippen LogP contribution in [0.5, 0.6) is 0 Å². The number of aromatic nitrogens is 1. The Labute approximate surface area is 190 Å².